The number of hydrogen-bond acceptors (Lipinski definition) is 2. The first-order valence-corrected chi connectivity index (χ1v) is 4.22. The van der Waals surface area contributed by atoms with Gasteiger partial charge in [-0.25, -0.2) is 4.39 Å². The van der Waals surface area contributed by atoms with Crippen molar-refractivity contribution in [1.82, 2.24) is 0 Å². The predicted octanol–water partition coefficient (Wildman–Crippen LogP) is 1.64. The molecule has 1 aromatic rings. The fourth-order valence-electron chi connectivity index (χ4n) is 1.36. The van der Waals surface area contributed by atoms with E-state index in [1.807, 2.05) is 0 Å². The molecule has 1 rings (SSSR count). The highest BCUT2D eigenvalue weighted by atomic mass is 19.1. The van der Waals surface area contributed by atoms with Crippen molar-refractivity contribution in [2.24, 2.45) is 5.73 Å². The topological polar surface area (TPSA) is 35.2 Å². The van der Waals surface area contributed by atoms with Crippen LogP contribution >= 0.6 is 0 Å². The van der Waals surface area contributed by atoms with Gasteiger partial charge in [-0.3, -0.25) is 0 Å². The zero-order valence-electron chi connectivity index (χ0n) is 7.93. The van der Waals surface area contributed by atoms with Crippen LogP contribution < -0.4 is 10.5 Å². The number of benzene rings is 1. The highest BCUT2D eigenvalue weighted by Crippen LogP contribution is 2.25. The summed E-state index contributed by atoms with van der Waals surface area (Å²) in [5, 5.41) is 0. The van der Waals surface area contributed by atoms with E-state index in [9.17, 15) is 4.39 Å². The summed E-state index contributed by atoms with van der Waals surface area (Å²) in [6.45, 7) is 2.25. The molecule has 0 saturated heterocycles. The zero-order chi connectivity index (χ0) is 9.84. The molecule has 0 aromatic heterocycles. The van der Waals surface area contributed by atoms with Gasteiger partial charge in [-0.05, 0) is 31.5 Å². The van der Waals surface area contributed by atoms with E-state index in [4.69, 9.17) is 10.5 Å². The smallest absolute Gasteiger partial charge is 0.129 e. The number of nitrogens with two attached hydrogens (primary N) is 1. The Morgan fingerprint density at radius 3 is 2.69 bits per heavy atom. The van der Waals surface area contributed by atoms with Crippen LogP contribution in [0.1, 0.15) is 11.1 Å². The van der Waals surface area contributed by atoms with Crippen molar-refractivity contribution in [1.29, 1.82) is 0 Å². The molecule has 0 saturated carbocycles. The molecule has 0 aliphatic heterocycles. The van der Waals surface area contributed by atoms with Crippen molar-refractivity contribution >= 4 is 0 Å². The van der Waals surface area contributed by atoms with E-state index in [0.29, 0.717) is 24.3 Å². The first-order valence-electron chi connectivity index (χ1n) is 4.22. The quantitative estimate of drug-likeness (QED) is 0.773. The molecule has 3 heteroatoms. The summed E-state index contributed by atoms with van der Waals surface area (Å²) in [6.07, 6.45) is 0.713. The number of ether oxygens (including phenoxy) is 1. The molecular weight excluding hydrogens is 169 g/mol. The fraction of sp³-hybridized carbons (Fsp3) is 0.400. The maximum absolute atomic E-state index is 13.1. The molecule has 0 fully saturated rings. The van der Waals surface area contributed by atoms with Gasteiger partial charge in [0.25, 0.3) is 0 Å². The zero-order valence-corrected chi connectivity index (χ0v) is 7.93. The van der Waals surface area contributed by atoms with Crippen molar-refractivity contribution in [2.75, 3.05) is 13.7 Å². The molecule has 13 heavy (non-hydrogen) atoms. The lowest BCUT2D eigenvalue weighted by molar-refractivity contribution is 0.402. The second kappa shape index (κ2) is 4.23. The molecule has 72 valence electrons. The lowest BCUT2D eigenvalue weighted by atomic mass is 10.1. The number of methoxy groups -OCH3 is 1. The molecular formula is C10H14FNO. The molecule has 0 unspecified atom stereocenters. The monoisotopic (exact) mass is 183 g/mol. The first-order chi connectivity index (χ1) is 6.20. The van der Waals surface area contributed by atoms with E-state index in [2.05, 4.69) is 0 Å². The molecule has 0 spiro atoms. The minimum Gasteiger partial charge on any atom is -0.496 e. The van der Waals surface area contributed by atoms with Crippen molar-refractivity contribution in [3.05, 3.63) is 29.1 Å². The van der Waals surface area contributed by atoms with E-state index in [-0.39, 0.29) is 5.82 Å². The molecule has 0 bridgehead atoms. The minimum absolute atomic E-state index is 0.238. The average molecular weight is 183 g/mol. The summed E-state index contributed by atoms with van der Waals surface area (Å²) in [4.78, 5) is 0. The second-order valence-corrected chi connectivity index (χ2v) is 2.90. The van der Waals surface area contributed by atoms with Crippen LogP contribution in [0.2, 0.25) is 0 Å². The van der Waals surface area contributed by atoms with Crippen LogP contribution in [0.5, 0.6) is 5.75 Å². The van der Waals surface area contributed by atoms with Gasteiger partial charge in [0.1, 0.15) is 11.6 Å². The Hall–Kier alpha value is -1.09. The third kappa shape index (κ3) is 1.98. The van der Waals surface area contributed by atoms with Crippen LogP contribution in [0.15, 0.2) is 12.1 Å². The molecule has 1 aromatic carbocycles. The van der Waals surface area contributed by atoms with Crippen molar-refractivity contribution < 1.29 is 9.13 Å². The Balaban J connectivity index is 3.13. The Bertz CT molecular complexity index is 299. The molecule has 0 aliphatic carbocycles. The molecule has 0 heterocycles. The van der Waals surface area contributed by atoms with Crippen LogP contribution in [0.25, 0.3) is 0 Å². The van der Waals surface area contributed by atoms with Gasteiger partial charge in [-0.1, -0.05) is 6.07 Å². The first kappa shape index (κ1) is 9.99. The fourth-order valence-corrected chi connectivity index (χ4v) is 1.36. The summed E-state index contributed by atoms with van der Waals surface area (Å²) in [5.41, 5.74) is 6.93. The Morgan fingerprint density at radius 1 is 1.46 bits per heavy atom. The van der Waals surface area contributed by atoms with Gasteiger partial charge in [0.15, 0.2) is 0 Å². The van der Waals surface area contributed by atoms with Gasteiger partial charge in [0.2, 0.25) is 0 Å². The summed E-state index contributed by atoms with van der Waals surface area (Å²) in [7, 11) is 1.54. The van der Waals surface area contributed by atoms with Gasteiger partial charge in [0, 0.05) is 5.56 Å². The average Bonchev–Trinajstić information content (AvgIpc) is 2.12. The summed E-state index contributed by atoms with van der Waals surface area (Å²) < 4.78 is 18.2. The largest absolute Gasteiger partial charge is 0.496 e. The summed E-state index contributed by atoms with van der Waals surface area (Å²) in [6, 6.07) is 3.16. The van der Waals surface area contributed by atoms with E-state index < -0.39 is 0 Å². The lowest BCUT2D eigenvalue weighted by Crippen LogP contribution is -2.05. The number of hydrogen-bond donors (Lipinski definition) is 1. The Morgan fingerprint density at radius 2 is 2.15 bits per heavy atom. The standard InChI is InChI=1S/C10H14FNO/c1-7-9(11)4-3-8(5-6-12)10(7)13-2/h3-4H,5-6,12H2,1-2H3. The number of rotatable bonds is 3. The van der Waals surface area contributed by atoms with Crippen LogP contribution in [-0.2, 0) is 6.42 Å². The van der Waals surface area contributed by atoms with Gasteiger partial charge >= 0.3 is 0 Å². The lowest BCUT2D eigenvalue weighted by Gasteiger charge is -2.10. The van der Waals surface area contributed by atoms with Crippen molar-refractivity contribution in [3.8, 4) is 5.75 Å². The van der Waals surface area contributed by atoms with Crippen LogP contribution in [0.4, 0.5) is 4.39 Å². The Kier molecular flexibility index (Phi) is 3.25. The van der Waals surface area contributed by atoms with E-state index in [1.54, 1.807) is 20.1 Å². The summed E-state index contributed by atoms with van der Waals surface area (Å²) >= 11 is 0. The maximum atomic E-state index is 13.1. The molecule has 0 radical (unpaired) electrons. The van der Waals surface area contributed by atoms with Gasteiger partial charge in [-0.2, -0.15) is 0 Å². The summed E-state index contributed by atoms with van der Waals surface area (Å²) in [5.74, 6) is 0.378. The van der Waals surface area contributed by atoms with Crippen LogP contribution in [0.3, 0.4) is 0 Å². The molecule has 0 aliphatic rings. The van der Waals surface area contributed by atoms with Gasteiger partial charge in [-0.15, -0.1) is 0 Å². The van der Waals surface area contributed by atoms with Crippen LogP contribution in [-0.4, -0.2) is 13.7 Å². The van der Waals surface area contributed by atoms with Gasteiger partial charge in [0.05, 0.1) is 7.11 Å². The van der Waals surface area contributed by atoms with E-state index in [1.165, 1.54) is 6.07 Å². The van der Waals surface area contributed by atoms with E-state index in [0.717, 1.165) is 5.56 Å². The van der Waals surface area contributed by atoms with Crippen LogP contribution in [0, 0.1) is 12.7 Å². The number of halogens is 1. The van der Waals surface area contributed by atoms with Crippen molar-refractivity contribution in [2.45, 2.75) is 13.3 Å². The highest BCUT2D eigenvalue weighted by Gasteiger charge is 2.09. The Labute approximate surface area is 77.5 Å². The molecule has 2 nitrogen and oxygen atoms in total. The predicted molar refractivity (Wildman–Crippen MR) is 50.4 cm³/mol. The second-order valence-electron chi connectivity index (χ2n) is 2.90. The molecule has 2 N–H and O–H groups in total. The van der Waals surface area contributed by atoms with Gasteiger partial charge < -0.3 is 10.5 Å². The third-order valence-corrected chi connectivity index (χ3v) is 2.04. The molecule has 0 atom stereocenters. The van der Waals surface area contributed by atoms with Crippen molar-refractivity contribution in [3.63, 3.8) is 0 Å². The SMILES string of the molecule is COc1c(CCN)ccc(F)c1C. The minimum atomic E-state index is -0.238. The molecule has 0 amide bonds. The normalized spacial score (nSPS) is 10.2. The highest BCUT2D eigenvalue weighted by molar-refractivity contribution is 5.41. The van der Waals surface area contributed by atoms with E-state index >= 15 is 0 Å². The third-order valence-electron chi connectivity index (χ3n) is 2.04. The maximum Gasteiger partial charge on any atom is 0.129 e.